The van der Waals surface area contributed by atoms with E-state index in [9.17, 15) is 14.4 Å². The number of rotatable bonds is 16. The maximum absolute atomic E-state index is 12.2. The molecule has 0 spiro atoms. The van der Waals surface area contributed by atoms with Crippen LogP contribution in [-0.2, 0) is 35.2 Å². The van der Waals surface area contributed by atoms with Crippen molar-refractivity contribution in [2.45, 2.75) is 64.9 Å². The summed E-state index contributed by atoms with van der Waals surface area (Å²) in [6, 6.07) is 9.49. The first-order chi connectivity index (χ1) is 14.0. The fourth-order valence-electron chi connectivity index (χ4n) is 2.89. The highest BCUT2D eigenvalue weighted by Gasteiger charge is 2.17. The number of Topliss-reactive ketones (excluding diaryl/α,β-unsaturated/α-hetero) is 1. The smallest absolute Gasteiger partial charge is 0.306 e. The summed E-state index contributed by atoms with van der Waals surface area (Å²) in [5.41, 5.74) is 0.931. The lowest BCUT2D eigenvalue weighted by Crippen LogP contribution is -2.16. The molecule has 0 fully saturated rings. The molecule has 0 aromatic heterocycles. The van der Waals surface area contributed by atoms with Gasteiger partial charge in [-0.2, -0.15) is 0 Å². The van der Waals surface area contributed by atoms with Crippen molar-refractivity contribution >= 4 is 17.7 Å². The Labute approximate surface area is 173 Å². The van der Waals surface area contributed by atoms with E-state index in [1.807, 2.05) is 30.3 Å². The van der Waals surface area contributed by atoms with Crippen LogP contribution in [0.5, 0.6) is 0 Å². The summed E-state index contributed by atoms with van der Waals surface area (Å²) in [7, 11) is 1.66. The highest BCUT2D eigenvalue weighted by atomic mass is 16.5. The Balaban J connectivity index is 2.32. The number of carbonyl (C=O) groups is 3. The van der Waals surface area contributed by atoms with E-state index in [4.69, 9.17) is 14.2 Å². The normalized spacial score (nSPS) is 11.7. The Kier molecular flexibility index (Phi) is 13.4. The largest absolute Gasteiger partial charge is 0.466 e. The van der Waals surface area contributed by atoms with Crippen LogP contribution in [0.2, 0.25) is 0 Å². The monoisotopic (exact) mass is 406 g/mol. The van der Waals surface area contributed by atoms with E-state index in [0.29, 0.717) is 32.3 Å². The van der Waals surface area contributed by atoms with E-state index in [-0.39, 0.29) is 43.3 Å². The molecular weight excluding hydrogens is 372 g/mol. The Morgan fingerprint density at radius 2 is 1.62 bits per heavy atom. The molecule has 29 heavy (non-hydrogen) atoms. The molecule has 1 rings (SSSR count). The molecule has 0 saturated heterocycles. The maximum Gasteiger partial charge on any atom is 0.306 e. The van der Waals surface area contributed by atoms with Crippen LogP contribution in [-0.4, -0.2) is 38.0 Å². The SMILES string of the molecule is COCCCCCC(=O)OCCC(CCC(C)=O)CC(=O)OCc1ccccc1. The Morgan fingerprint density at radius 1 is 0.862 bits per heavy atom. The van der Waals surface area contributed by atoms with Crippen molar-refractivity contribution in [1.29, 1.82) is 0 Å². The molecule has 0 N–H and O–H groups in total. The summed E-state index contributed by atoms with van der Waals surface area (Å²) in [4.78, 5) is 35.3. The van der Waals surface area contributed by atoms with Crippen molar-refractivity contribution in [3.05, 3.63) is 35.9 Å². The maximum atomic E-state index is 12.2. The standard InChI is InChI=1S/C23H34O6/c1-19(24)12-13-20(14-16-28-22(25)11-7-4-8-15-27-2)17-23(26)29-18-21-9-5-3-6-10-21/h3,5-6,9-10,20H,4,7-8,11-18H2,1-2H3. The Hall–Kier alpha value is -2.21. The van der Waals surface area contributed by atoms with Gasteiger partial charge in [0.2, 0.25) is 0 Å². The zero-order valence-electron chi connectivity index (χ0n) is 17.7. The molecule has 0 saturated carbocycles. The average Bonchev–Trinajstić information content (AvgIpc) is 2.71. The quantitative estimate of drug-likeness (QED) is 0.302. The van der Waals surface area contributed by atoms with Gasteiger partial charge in [0.25, 0.3) is 0 Å². The van der Waals surface area contributed by atoms with Gasteiger partial charge in [-0.1, -0.05) is 36.8 Å². The number of unbranched alkanes of at least 4 members (excludes halogenated alkanes) is 2. The van der Waals surface area contributed by atoms with E-state index in [1.54, 1.807) is 7.11 Å². The van der Waals surface area contributed by atoms with Crippen molar-refractivity contribution in [3.63, 3.8) is 0 Å². The van der Waals surface area contributed by atoms with Crippen LogP contribution in [0.25, 0.3) is 0 Å². The predicted octanol–water partition coefficient (Wildman–Crippen LogP) is 4.25. The molecule has 0 amide bonds. The van der Waals surface area contributed by atoms with Gasteiger partial charge in [-0.3, -0.25) is 9.59 Å². The van der Waals surface area contributed by atoms with Crippen molar-refractivity contribution < 1.29 is 28.6 Å². The first kappa shape index (κ1) is 24.8. The fourth-order valence-corrected chi connectivity index (χ4v) is 2.89. The highest BCUT2D eigenvalue weighted by molar-refractivity contribution is 5.75. The molecule has 0 bridgehead atoms. The van der Waals surface area contributed by atoms with Gasteiger partial charge in [0.15, 0.2) is 0 Å². The molecular formula is C23H34O6. The van der Waals surface area contributed by atoms with Gasteiger partial charge in [0.1, 0.15) is 12.4 Å². The minimum Gasteiger partial charge on any atom is -0.466 e. The van der Waals surface area contributed by atoms with Crippen LogP contribution in [0, 0.1) is 5.92 Å². The van der Waals surface area contributed by atoms with E-state index >= 15 is 0 Å². The number of hydrogen-bond acceptors (Lipinski definition) is 6. The fraction of sp³-hybridized carbons (Fsp3) is 0.609. The molecule has 1 unspecified atom stereocenters. The number of methoxy groups -OCH3 is 1. The molecule has 1 aromatic rings. The zero-order chi connectivity index (χ0) is 21.3. The lowest BCUT2D eigenvalue weighted by atomic mass is 9.95. The first-order valence-electron chi connectivity index (χ1n) is 10.3. The third-order valence-corrected chi connectivity index (χ3v) is 4.62. The first-order valence-corrected chi connectivity index (χ1v) is 10.3. The third-order valence-electron chi connectivity index (χ3n) is 4.62. The zero-order valence-corrected chi connectivity index (χ0v) is 17.7. The van der Waals surface area contributed by atoms with Gasteiger partial charge in [-0.05, 0) is 44.1 Å². The lowest BCUT2D eigenvalue weighted by molar-refractivity contribution is -0.146. The molecule has 0 aliphatic rings. The van der Waals surface area contributed by atoms with E-state index in [1.165, 1.54) is 6.92 Å². The highest BCUT2D eigenvalue weighted by Crippen LogP contribution is 2.18. The topological polar surface area (TPSA) is 78.9 Å². The lowest BCUT2D eigenvalue weighted by Gasteiger charge is -2.16. The van der Waals surface area contributed by atoms with Crippen molar-refractivity contribution in [3.8, 4) is 0 Å². The number of esters is 2. The second kappa shape index (κ2) is 15.7. The van der Waals surface area contributed by atoms with Crippen LogP contribution in [0.15, 0.2) is 30.3 Å². The van der Waals surface area contributed by atoms with Crippen molar-refractivity contribution in [1.82, 2.24) is 0 Å². The summed E-state index contributed by atoms with van der Waals surface area (Å²) in [6.45, 7) is 2.73. The molecule has 1 atom stereocenters. The summed E-state index contributed by atoms with van der Waals surface area (Å²) in [5, 5.41) is 0. The van der Waals surface area contributed by atoms with Gasteiger partial charge in [-0.25, -0.2) is 0 Å². The van der Waals surface area contributed by atoms with E-state index in [0.717, 1.165) is 24.8 Å². The number of hydrogen-bond donors (Lipinski definition) is 0. The van der Waals surface area contributed by atoms with Crippen LogP contribution in [0.4, 0.5) is 0 Å². The van der Waals surface area contributed by atoms with Crippen LogP contribution in [0.1, 0.15) is 63.9 Å². The summed E-state index contributed by atoms with van der Waals surface area (Å²) < 4.78 is 15.6. The van der Waals surface area contributed by atoms with Crippen LogP contribution in [0.3, 0.4) is 0 Å². The van der Waals surface area contributed by atoms with Gasteiger partial charge in [-0.15, -0.1) is 0 Å². The molecule has 0 aliphatic heterocycles. The number of benzene rings is 1. The Bertz CT molecular complexity index is 599. The van der Waals surface area contributed by atoms with Crippen LogP contribution < -0.4 is 0 Å². The van der Waals surface area contributed by atoms with Gasteiger partial charge in [0.05, 0.1) is 6.61 Å². The minimum absolute atomic E-state index is 0.0447. The second-order valence-electron chi connectivity index (χ2n) is 7.27. The Morgan fingerprint density at radius 3 is 2.31 bits per heavy atom. The molecule has 162 valence electrons. The summed E-state index contributed by atoms with van der Waals surface area (Å²) in [5.74, 6) is -0.483. The minimum atomic E-state index is -0.299. The van der Waals surface area contributed by atoms with E-state index in [2.05, 4.69) is 0 Å². The van der Waals surface area contributed by atoms with Crippen molar-refractivity contribution in [2.75, 3.05) is 20.3 Å². The predicted molar refractivity (Wildman–Crippen MR) is 110 cm³/mol. The third kappa shape index (κ3) is 13.6. The molecule has 0 radical (unpaired) electrons. The van der Waals surface area contributed by atoms with Gasteiger partial charge >= 0.3 is 11.9 Å². The average molecular weight is 407 g/mol. The second-order valence-corrected chi connectivity index (χ2v) is 7.27. The number of ketones is 1. The molecule has 6 nitrogen and oxygen atoms in total. The summed E-state index contributed by atoms with van der Waals surface area (Å²) in [6.07, 6.45) is 4.79. The van der Waals surface area contributed by atoms with E-state index < -0.39 is 0 Å². The molecule has 0 aliphatic carbocycles. The summed E-state index contributed by atoms with van der Waals surface area (Å²) >= 11 is 0. The number of ether oxygens (including phenoxy) is 3. The molecule has 6 heteroatoms. The van der Waals surface area contributed by atoms with Gasteiger partial charge < -0.3 is 19.0 Å². The van der Waals surface area contributed by atoms with Gasteiger partial charge in [0, 0.05) is 33.0 Å². The molecule has 0 heterocycles. The van der Waals surface area contributed by atoms with Crippen molar-refractivity contribution in [2.24, 2.45) is 5.92 Å². The molecule has 1 aromatic carbocycles. The van der Waals surface area contributed by atoms with Crippen LogP contribution >= 0.6 is 0 Å². The number of carbonyl (C=O) groups excluding carboxylic acids is 3.